The molecule has 172 valence electrons. The van der Waals surface area contributed by atoms with E-state index in [9.17, 15) is 10.2 Å². The van der Waals surface area contributed by atoms with Crippen LogP contribution in [0, 0.1) is 5.92 Å². The first-order valence-corrected chi connectivity index (χ1v) is 12.6. The summed E-state index contributed by atoms with van der Waals surface area (Å²) in [7, 11) is 0. The van der Waals surface area contributed by atoms with Gasteiger partial charge in [-0.25, -0.2) is 0 Å². The van der Waals surface area contributed by atoms with Crippen LogP contribution in [0.1, 0.15) is 49.7 Å². The molecule has 6 nitrogen and oxygen atoms in total. The van der Waals surface area contributed by atoms with E-state index in [0.717, 1.165) is 77.3 Å². The number of phenols is 1. The average Bonchev–Trinajstić information content (AvgIpc) is 3.48. The summed E-state index contributed by atoms with van der Waals surface area (Å²) in [6.07, 6.45) is 11.3. The fourth-order valence-electron chi connectivity index (χ4n) is 7.02. The second-order valence-corrected chi connectivity index (χ2v) is 10.7. The van der Waals surface area contributed by atoms with Gasteiger partial charge in [0.15, 0.2) is 0 Å². The van der Waals surface area contributed by atoms with Gasteiger partial charge in [-0.05, 0) is 99.8 Å². The molecule has 2 N–H and O–H groups in total. The van der Waals surface area contributed by atoms with E-state index in [1.54, 1.807) is 0 Å². The van der Waals surface area contributed by atoms with Gasteiger partial charge in [0.25, 0.3) is 0 Å². The van der Waals surface area contributed by atoms with E-state index in [4.69, 9.17) is 0 Å². The molecule has 6 heteroatoms. The Morgan fingerprint density at radius 2 is 1.91 bits per heavy atom. The molecule has 0 spiro atoms. The summed E-state index contributed by atoms with van der Waals surface area (Å²) in [5, 5.41) is 27.2. The van der Waals surface area contributed by atoms with Crippen LogP contribution in [-0.4, -0.2) is 74.2 Å². The third-order valence-corrected chi connectivity index (χ3v) is 8.94. The molecule has 6 rings (SSSR count). The Balaban J connectivity index is 1.28. The summed E-state index contributed by atoms with van der Waals surface area (Å²) < 4.78 is 2.01. The second kappa shape index (κ2) is 7.86. The van der Waals surface area contributed by atoms with E-state index >= 15 is 0 Å². The molecule has 2 bridgehead atoms. The first kappa shape index (κ1) is 20.7. The quantitative estimate of drug-likeness (QED) is 0.729. The van der Waals surface area contributed by atoms with Gasteiger partial charge in [-0.2, -0.15) is 5.10 Å². The van der Waals surface area contributed by atoms with E-state index in [1.165, 1.54) is 24.0 Å². The number of piperidine rings is 1. The monoisotopic (exact) mass is 436 g/mol. The zero-order chi connectivity index (χ0) is 21.8. The van der Waals surface area contributed by atoms with Crippen molar-refractivity contribution in [2.24, 2.45) is 5.92 Å². The molecule has 2 aliphatic carbocycles. The van der Waals surface area contributed by atoms with Crippen molar-refractivity contribution in [3.63, 3.8) is 0 Å². The van der Waals surface area contributed by atoms with E-state index in [0.29, 0.717) is 5.75 Å². The van der Waals surface area contributed by atoms with Crippen molar-refractivity contribution in [1.29, 1.82) is 0 Å². The molecule has 3 fully saturated rings. The van der Waals surface area contributed by atoms with Crippen LogP contribution in [0.4, 0.5) is 0 Å². The van der Waals surface area contributed by atoms with Gasteiger partial charge in [0.2, 0.25) is 0 Å². The van der Waals surface area contributed by atoms with Crippen LogP contribution in [0.5, 0.6) is 5.75 Å². The molecule has 3 atom stereocenters. The van der Waals surface area contributed by atoms with Crippen LogP contribution in [-0.2, 0) is 18.4 Å². The number of aliphatic hydroxyl groups is 1. The first-order valence-electron chi connectivity index (χ1n) is 12.6. The molecule has 1 saturated carbocycles. The second-order valence-electron chi connectivity index (χ2n) is 10.7. The minimum Gasteiger partial charge on any atom is -0.508 e. The molecule has 0 radical (unpaired) electrons. The van der Waals surface area contributed by atoms with Crippen LogP contribution >= 0.6 is 0 Å². The standard InChI is InChI=1S/C26H36N4O2/c31-22-6-5-21-17-24-26(32)9-15-28(11-2-13-30-12-1-10-27-30)14-7-25(26,23(21)18-22)8-16-29(24)19-20-3-4-20/h1,5-6,10,12,18,20,24,31-32H,2-4,7-9,11,13-17,19H2/t24-,25+,26-/m1/s1. The third kappa shape index (κ3) is 3.39. The summed E-state index contributed by atoms with van der Waals surface area (Å²) >= 11 is 0. The highest BCUT2D eigenvalue weighted by Gasteiger charge is 2.63. The van der Waals surface area contributed by atoms with Crippen LogP contribution in [0.25, 0.3) is 0 Å². The molecule has 1 aromatic carbocycles. The fraction of sp³-hybridized carbons (Fsp3) is 0.654. The van der Waals surface area contributed by atoms with E-state index < -0.39 is 5.60 Å². The molecule has 0 amide bonds. The Hall–Kier alpha value is -1.89. The lowest BCUT2D eigenvalue weighted by Gasteiger charge is -2.61. The maximum atomic E-state index is 12.5. The van der Waals surface area contributed by atoms with Crippen molar-refractivity contribution in [3.05, 3.63) is 47.8 Å². The van der Waals surface area contributed by atoms with Crippen molar-refractivity contribution < 1.29 is 10.2 Å². The number of hydrogen-bond acceptors (Lipinski definition) is 5. The van der Waals surface area contributed by atoms with Gasteiger partial charge in [0.05, 0.1) is 5.60 Å². The lowest BCUT2D eigenvalue weighted by Crippen LogP contribution is -2.71. The highest BCUT2D eigenvalue weighted by Crippen LogP contribution is 2.56. The number of likely N-dealkylation sites (tertiary alicyclic amines) is 2. The normalized spacial score (nSPS) is 32.8. The topological polar surface area (TPSA) is 64.8 Å². The molecule has 2 aliphatic heterocycles. The van der Waals surface area contributed by atoms with Crippen molar-refractivity contribution in [3.8, 4) is 5.75 Å². The molecule has 1 aromatic heterocycles. The van der Waals surface area contributed by atoms with Crippen LogP contribution in [0.3, 0.4) is 0 Å². The minimum atomic E-state index is -0.725. The predicted molar refractivity (Wildman–Crippen MR) is 124 cm³/mol. The first-order chi connectivity index (χ1) is 15.6. The summed E-state index contributed by atoms with van der Waals surface area (Å²) in [4.78, 5) is 5.18. The molecule has 0 unspecified atom stereocenters. The van der Waals surface area contributed by atoms with Gasteiger partial charge < -0.3 is 15.1 Å². The number of aromatic hydroxyl groups is 1. The number of fused-ring (bicyclic) bond motifs is 1. The Morgan fingerprint density at radius 1 is 1.06 bits per heavy atom. The van der Waals surface area contributed by atoms with Gasteiger partial charge in [-0.15, -0.1) is 0 Å². The molecule has 2 saturated heterocycles. The van der Waals surface area contributed by atoms with Gasteiger partial charge in [-0.3, -0.25) is 9.58 Å². The van der Waals surface area contributed by atoms with Crippen LogP contribution in [0.15, 0.2) is 36.7 Å². The largest absolute Gasteiger partial charge is 0.508 e. The van der Waals surface area contributed by atoms with Gasteiger partial charge in [0.1, 0.15) is 5.75 Å². The summed E-state index contributed by atoms with van der Waals surface area (Å²) in [6, 6.07) is 8.09. The SMILES string of the molecule is Oc1ccc2c(c1)[C@@]13CCN(CCCn4cccn4)CC[C@@]1(O)[C@@H](C2)N(CC1CC1)CC3. The molecule has 32 heavy (non-hydrogen) atoms. The lowest BCUT2D eigenvalue weighted by molar-refractivity contribution is -0.149. The van der Waals surface area contributed by atoms with Gasteiger partial charge in [0, 0.05) is 43.5 Å². The molecular weight excluding hydrogens is 400 g/mol. The van der Waals surface area contributed by atoms with Crippen LogP contribution < -0.4 is 0 Å². The number of aryl methyl sites for hydroxylation is 1. The van der Waals surface area contributed by atoms with E-state index in [-0.39, 0.29) is 11.5 Å². The van der Waals surface area contributed by atoms with E-state index in [2.05, 4.69) is 21.0 Å². The number of rotatable bonds is 6. The smallest absolute Gasteiger partial charge is 0.115 e. The number of aromatic nitrogens is 2. The predicted octanol–water partition coefficient (Wildman–Crippen LogP) is 2.78. The number of hydrogen-bond donors (Lipinski definition) is 2. The Bertz CT molecular complexity index is 959. The van der Waals surface area contributed by atoms with Crippen LogP contribution in [0.2, 0.25) is 0 Å². The number of phenolic OH excluding ortho intramolecular Hbond substituents is 1. The molecule has 4 aliphatic rings. The lowest BCUT2D eigenvalue weighted by atomic mass is 9.52. The Morgan fingerprint density at radius 3 is 2.72 bits per heavy atom. The summed E-state index contributed by atoms with van der Waals surface area (Å²) in [5.41, 5.74) is 1.59. The molecule has 3 heterocycles. The molecule has 2 aromatic rings. The maximum absolute atomic E-state index is 12.5. The van der Waals surface area contributed by atoms with Gasteiger partial charge in [-0.1, -0.05) is 6.07 Å². The fourth-order valence-corrected chi connectivity index (χ4v) is 7.02. The van der Waals surface area contributed by atoms with E-state index in [1.807, 2.05) is 35.3 Å². The number of nitrogens with zero attached hydrogens (tertiary/aromatic N) is 4. The van der Waals surface area contributed by atoms with Crippen molar-refractivity contribution in [1.82, 2.24) is 19.6 Å². The zero-order valence-electron chi connectivity index (χ0n) is 19.0. The third-order valence-electron chi connectivity index (χ3n) is 8.94. The Labute approximate surface area is 190 Å². The maximum Gasteiger partial charge on any atom is 0.115 e. The zero-order valence-corrected chi connectivity index (χ0v) is 19.0. The minimum absolute atomic E-state index is 0.193. The van der Waals surface area contributed by atoms with Crippen molar-refractivity contribution in [2.75, 3.05) is 32.7 Å². The summed E-state index contributed by atoms with van der Waals surface area (Å²) in [6.45, 7) is 6.13. The van der Waals surface area contributed by atoms with Crippen molar-refractivity contribution in [2.45, 2.75) is 68.5 Å². The molecular formula is C26H36N4O2. The highest BCUT2D eigenvalue weighted by atomic mass is 16.3. The van der Waals surface area contributed by atoms with Crippen molar-refractivity contribution >= 4 is 0 Å². The highest BCUT2D eigenvalue weighted by molar-refractivity contribution is 5.48. The number of benzene rings is 1. The van der Waals surface area contributed by atoms with Gasteiger partial charge >= 0.3 is 0 Å². The summed E-state index contributed by atoms with van der Waals surface area (Å²) in [5.74, 6) is 1.16. The Kier molecular flexibility index (Phi) is 5.08. The average molecular weight is 437 g/mol.